The minimum Gasteiger partial charge on any atom is -0.464 e. The van der Waals surface area contributed by atoms with Crippen molar-refractivity contribution in [2.24, 2.45) is 0 Å². The average Bonchev–Trinajstić information content (AvgIpc) is 3.45. The highest BCUT2D eigenvalue weighted by Crippen LogP contribution is 2.29. The zero-order valence-electron chi connectivity index (χ0n) is 16.4. The van der Waals surface area contributed by atoms with E-state index < -0.39 is 0 Å². The number of nitrogens with zero attached hydrogens (tertiary/aromatic N) is 3. The fraction of sp³-hybridized carbons (Fsp3) is 0.0417. The maximum absolute atomic E-state index is 8.90. The van der Waals surface area contributed by atoms with Gasteiger partial charge >= 0.3 is 0 Å². The molecule has 0 spiro atoms. The van der Waals surface area contributed by atoms with Gasteiger partial charge in [-0.3, -0.25) is 0 Å². The second-order valence-corrected chi connectivity index (χ2v) is 6.95. The molecule has 2 N–H and O–H groups in total. The number of anilines is 2. The van der Waals surface area contributed by atoms with Gasteiger partial charge < -0.3 is 19.5 Å². The van der Waals surface area contributed by atoms with Crippen LogP contribution >= 0.6 is 0 Å². The van der Waals surface area contributed by atoms with Crippen molar-refractivity contribution in [1.82, 2.24) is 15.0 Å². The first-order chi connectivity index (χ1) is 15.3. The molecule has 0 saturated heterocycles. The normalized spacial score (nSPS) is 10.7. The summed E-state index contributed by atoms with van der Waals surface area (Å²) < 4.78 is 11.7. The van der Waals surface area contributed by atoms with E-state index >= 15 is 0 Å². The van der Waals surface area contributed by atoms with E-state index in [0.717, 1.165) is 28.6 Å². The number of aromatic nitrogens is 3. The van der Waals surface area contributed by atoms with Gasteiger partial charge in [0.2, 0.25) is 11.8 Å². The number of nitriles is 1. The zero-order valence-corrected chi connectivity index (χ0v) is 16.4. The van der Waals surface area contributed by atoms with Crippen molar-refractivity contribution in [3.8, 4) is 17.7 Å². The Balaban J connectivity index is 1.32. The largest absolute Gasteiger partial charge is 0.464 e. The van der Waals surface area contributed by atoms with Gasteiger partial charge in [0.05, 0.1) is 17.9 Å². The molecule has 0 atom stereocenters. The molecule has 0 radical (unpaired) electrons. The fourth-order valence-electron chi connectivity index (χ4n) is 3.29. The molecule has 0 fully saturated rings. The molecular formula is C24H17N5O2. The summed E-state index contributed by atoms with van der Waals surface area (Å²) in [6.07, 6.45) is 8.10. The minimum absolute atomic E-state index is 0.398. The first-order valence-electron chi connectivity index (χ1n) is 9.67. The topological polar surface area (TPSA) is 99.8 Å². The van der Waals surface area contributed by atoms with E-state index in [1.165, 1.54) is 5.56 Å². The summed E-state index contributed by atoms with van der Waals surface area (Å²) in [5, 5.41) is 13.1. The number of aromatic amines is 1. The molecule has 0 amide bonds. The summed E-state index contributed by atoms with van der Waals surface area (Å²) in [5.41, 5.74) is 4.45. The van der Waals surface area contributed by atoms with Gasteiger partial charge in [-0.05, 0) is 48.0 Å². The van der Waals surface area contributed by atoms with Crippen LogP contribution in [0.4, 0.5) is 11.6 Å². The number of fused-ring (bicyclic) bond motifs is 1. The standard InChI is InChI=1S/C24H17N5O2/c25-13-16-1-3-19(4-2-16)28-24-27-10-8-23(29-24)31-20-5-6-21-18(15-30-22(21)12-20)11-17-7-9-26-14-17/h1-10,12,14-15,26H,11H2,(H,27,28,29). The first kappa shape index (κ1) is 18.5. The van der Waals surface area contributed by atoms with Crippen molar-refractivity contribution >= 4 is 22.6 Å². The number of furan rings is 1. The Hall–Kier alpha value is -4.57. The van der Waals surface area contributed by atoms with E-state index in [2.05, 4.69) is 32.4 Å². The average molecular weight is 407 g/mol. The van der Waals surface area contributed by atoms with Gasteiger partial charge in [-0.25, -0.2) is 4.98 Å². The summed E-state index contributed by atoms with van der Waals surface area (Å²) in [7, 11) is 0. The fourth-order valence-corrected chi connectivity index (χ4v) is 3.29. The maximum Gasteiger partial charge on any atom is 0.230 e. The lowest BCUT2D eigenvalue weighted by atomic mass is 10.1. The Labute approximate surface area is 178 Å². The molecule has 0 aliphatic carbocycles. The molecule has 0 aliphatic rings. The van der Waals surface area contributed by atoms with Crippen LogP contribution in [0.25, 0.3) is 11.0 Å². The molecule has 0 bridgehead atoms. The maximum atomic E-state index is 8.90. The predicted molar refractivity (Wildman–Crippen MR) is 116 cm³/mol. The van der Waals surface area contributed by atoms with Crippen LogP contribution in [0.15, 0.2) is 83.9 Å². The lowest BCUT2D eigenvalue weighted by molar-refractivity contribution is 0.462. The molecule has 0 aliphatic heterocycles. The number of H-pyrrole nitrogens is 1. The van der Waals surface area contributed by atoms with Crippen LogP contribution in [0.1, 0.15) is 16.7 Å². The highest BCUT2D eigenvalue weighted by molar-refractivity contribution is 5.82. The molecule has 3 aromatic heterocycles. The van der Waals surface area contributed by atoms with E-state index in [1.807, 2.05) is 30.6 Å². The highest BCUT2D eigenvalue weighted by Gasteiger charge is 2.10. The molecule has 7 heteroatoms. The highest BCUT2D eigenvalue weighted by atomic mass is 16.5. The van der Waals surface area contributed by atoms with Crippen LogP contribution in [0.3, 0.4) is 0 Å². The zero-order chi connectivity index (χ0) is 21.0. The SMILES string of the molecule is N#Cc1ccc(Nc2nccc(Oc3ccc4c(Cc5cc[nH]c5)coc4c3)n2)cc1. The first-order valence-corrected chi connectivity index (χ1v) is 9.67. The molecule has 150 valence electrons. The van der Waals surface area contributed by atoms with Gasteiger partial charge in [-0.1, -0.05) is 0 Å². The van der Waals surface area contributed by atoms with Crippen LogP contribution in [-0.4, -0.2) is 15.0 Å². The van der Waals surface area contributed by atoms with Crippen LogP contribution in [0.2, 0.25) is 0 Å². The van der Waals surface area contributed by atoms with Gasteiger partial charge in [-0.15, -0.1) is 0 Å². The Bertz CT molecular complexity index is 1370. The third kappa shape index (κ3) is 4.09. The molecular weight excluding hydrogens is 390 g/mol. The second-order valence-electron chi connectivity index (χ2n) is 6.95. The number of benzene rings is 2. The van der Waals surface area contributed by atoms with Gasteiger partial charge in [0, 0.05) is 53.8 Å². The van der Waals surface area contributed by atoms with E-state index in [-0.39, 0.29) is 0 Å². The summed E-state index contributed by atoms with van der Waals surface area (Å²) >= 11 is 0. The Kier molecular flexibility index (Phi) is 4.79. The van der Waals surface area contributed by atoms with Crippen LogP contribution in [0, 0.1) is 11.3 Å². The molecule has 2 aromatic carbocycles. The Morgan fingerprint density at radius 2 is 2.00 bits per heavy atom. The van der Waals surface area contributed by atoms with Crippen molar-refractivity contribution in [3.05, 3.63) is 96.1 Å². The predicted octanol–water partition coefficient (Wildman–Crippen LogP) is 5.55. The molecule has 31 heavy (non-hydrogen) atoms. The summed E-state index contributed by atoms with van der Waals surface area (Å²) in [6, 6.07) is 18.6. The lowest BCUT2D eigenvalue weighted by Crippen LogP contribution is -1.98. The number of hydrogen-bond acceptors (Lipinski definition) is 6. The Morgan fingerprint density at radius 1 is 1.10 bits per heavy atom. The van der Waals surface area contributed by atoms with E-state index in [9.17, 15) is 0 Å². The molecule has 0 saturated carbocycles. The molecule has 5 rings (SSSR count). The van der Waals surface area contributed by atoms with Crippen LogP contribution < -0.4 is 10.1 Å². The molecule has 5 aromatic rings. The molecule has 0 unspecified atom stereocenters. The van der Waals surface area contributed by atoms with E-state index in [1.54, 1.807) is 42.8 Å². The molecule has 3 heterocycles. The number of ether oxygens (including phenoxy) is 1. The summed E-state index contributed by atoms with van der Waals surface area (Å²) in [5.74, 6) is 1.43. The minimum atomic E-state index is 0.398. The number of nitrogens with one attached hydrogen (secondary N) is 2. The second kappa shape index (κ2) is 8.05. The van der Waals surface area contributed by atoms with Crippen molar-refractivity contribution in [3.63, 3.8) is 0 Å². The monoisotopic (exact) mass is 407 g/mol. The van der Waals surface area contributed by atoms with Gasteiger partial charge in [0.1, 0.15) is 11.3 Å². The van der Waals surface area contributed by atoms with Crippen molar-refractivity contribution in [1.29, 1.82) is 5.26 Å². The quantitative estimate of drug-likeness (QED) is 0.383. The summed E-state index contributed by atoms with van der Waals surface area (Å²) in [4.78, 5) is 11.7. The smallest absolute Gasteiger partial charge is 0.230 e. The van der Waals surface area contributed by atoms with Gasteiger partial charge in [-0.2, -0.15) is 10.2 Å². The van der Waals surface area contributed by atoms with Crippen molar-refractivity contribution in [2.75, 3.05) is 5.32 Å². The third-order valence-electron chi connectivity index (χ3n) is 4.81. The number of rotatable bonds is 6. The third-order valence-corrected chi connectivity index (χ3v) is 4.81. The van der Waals surface area contributed by atoms with Gasteiger partial charge in [0.15, 0.2) is 0 Å². The molecule has 7 nitrogen and oxygen atoms in total. The van der Waals surface area contributed by atoms with Crippen LogP contribution in [-0.2, 0) is 6.42 Å². The van der Waals surface area contributed by atoms with Crippen LogP contribution in [0.5, 0.6) is 11.6 Å². The van der Waals surface area contributed by atoms with E-state index in [0.29, 0.717) is 23.1 Å². The summed E-state index contributed by atoms with van der Waals surface area (Å²) in [6.45, 7) is 0. The lowest BCUT2D eigenvalue weighted by Gasteiger charge is -2.08. The van der Waals surface area contributed by atoms with Gasteiger partial charge in [0.25, 0.3) is 0 Å². The Morgan fingerprint density at radius 3 is 2.81 bits per heavy atom. The van der Waals surface area contributed by atoms with Crippen molar-refractivity contribution in [2.45, 2.75) is 6.42 Å². The number of hydrogen-bond donors (Lipinski definition) is 2. The van der Waals surface area contributed by atoms with E-state index in [4.69, 9.17) is 14.4 Å². The van der Waals surface area contributed by atoms with Crippen molar-refractivity contribution < 1.29 is 9.15 Å².